The fraction of sp³-hybridized carbons (Fsp3) is 0.500. The van der Waals surface area contributed by atoms with Gasteiger partial charge in [0.25, 0.3) is 0 Å². The second kappa shape index (κ2) is 8.69. The lowest BCUT2D eigenvalue weighted by atomic mass is 9.98. The third kappa shape index (κ3) is 5.06. The van der Waals surface area contributed by atoms with Crippen molar-refractivity contribution in [2.24, 2.45) is 0 Å². The second-order valence-electron chi connectivity index (χ2n) is 4.69. The monoisotopic (exact) mass is 296 g/mol. The minimum atomic E-state index is -1.76. The van der Waals surface area contributed by atoms with Crippen LogP contribution in [0.4, 0.5) is 0 Å². The average molecular weight is 296 g/mol. The largest absolute Gasteiger partial charge is 0.394 e. The van der Waals surface area contributed by atoms with E-state index >= 15 is 0 Å². The molecule has 0 amide bonds. The van der Waals surface area contributed by atoms with Crippen LogP contribution in [0.3, 0.4) is 0 Å². The van der Waals surface area contributed by atoms with Gasteiger partial charge in [0.2, 0.25) is 0 Å². The molecule has 6 N–H and O–H groups in total. The van der Waals surface area contributed by atoms with Gasteiger partial charge in [-0.1, -0.05) is 30.3 Å². The molecule has 0 saturated heterocycles. The molecule has 1 rings (SSSR count). The van der Waals surface area contributed by atoms with Crippen molar-refractivity contribution in [2.45, 2.75) is 37.0 Å². The summed E-state index contributed by atoms with van der Waals surface area (Å²) >= 11 is 0. The normalized spacial score (nSPS) is 18.3. The number of benzene rings is 1. The van der Waals surface area contributed by atoms with Crippen LogP contribution >= 0.6 is 0 Å². The van der Waals surface area contributed by atoms with Gasteiger partial charge in [-0.2, -0.15) is 5.26 Å². The van der Waals surface area contributed by atoms with E-state index in [9.17, 15) is 20.4 Å². The number of rotatable bonds is 8. The molecule has 7 nitrogen and oxygen atoms in total. The summed E-state index contributed by atoms with van der Waals surface area (Å²) in [6, 6.07) is 9.80. The van der Waals surface area contributed by atoms with Gasteiger partial charge in [-0.05, 0) is 5.56 Å². The van der Waals surface area contributed by atoms with Crippen LogP contribution in [0.1, 0.15) is 5.56 Å². The maximum Gasteiger partial charge on any atom is 0.124 e. The molecule has 1 aromatic rings. The van der Waals surface area contributed by atoms with Gasteiger partial charge in [0, 0.05) is 6.54 Å². The summed E-state index contributed by atoms with van der Waals surface area (Å²) in [7, 11) is 0. The highest BCUT2D eigenvalue weighted by atomic mass is 16.4. The Morgan fingerprint density at radius 2 is 1.62 bits per heavy atom. The fourth-order valence-electron chi connectivity index (χ4n) is 1.80. The molecule has 116 valence electrons. The summed E-state index contributed by atoms with van der Waals surface area (Å²) in [5, 5.41) is 58.8. The maximum absolute atomic E-state index is 9.88. The first kappa shape index (κ1) is 17.5. The first-order valence-electron chi connectivity index (χ1n) is 6.51. The lowest BCUT2D eigenvalue weighted by molar-refractivity contribution is -0.118. The van der Waals surface area contributed by atoms with Crippen LogP contribution in [0.5, 0.6) is 0 Å². The average Bonchev–Trinajstić information content (AvgIpc) is 2.53. The first-order chi connectivity index (χ1) is 10.0. The third-order valence-electron chi connectivity index (χ3n) is 3.13. The minimum absolute atomic E-state index is 0.293. The summed E-state index contributed by atoms with van der Waals surface area (Å²) in [5.41, 5.74) is 0.885. The van der Waals surface area contributed by atoms with E-state index in [2.05, 4.69) is 5.32 Å². The van der Waals surface area contributed by atoms with Crippen LogP contribution < -0.4 is 5.32 Å². The Kier molecular flexibility index (Phi) is 7.25. The van der Waals surface area contributed by atoms with Crippen LogP contribution in [0.15, 0.2) is 30.3 Å². The minimum Gasteiger partial charge on any atom is -0.394 e. The van der Waals surface area contributed by atoms with E-state index in [0.29, 0.717) is 6.54 Å². The number of aliphatic hydroxyl groups is 5. The highest BCUT2D eigenvalue weighted by Gasteiger charge is 2.34. The van der Waals surface area contributed by atoms with Crippen molar-refractivity contribution < 1.29 is 25.5 Å². The van der Waals surface area contributed by atoms with E-state index in [-0.39, 0.29) is 0 Å². The van der Waals surface area contributed by atoms with Gasteiger partial charge in [-0.25, -0.2) is 0 Å². The van der Waals surface area contributed by atoms with Crippen LogP contribution in [0.2, 0.25) is 0 Å². The van der Waals surface area contributed by atoms with Gasteiger partial charge >= 0.3 is 0 Å². The van der Waals surface area contributed by atoms with E-state index in [1.54, 1.807) is 6.07 Å². The van der Waals surface area contributed by atoms with Gasteiger partial charge in [0.15, 0.2) is 0 Å². The Morgan fingerprint density at radius 3 is 2.14 bits per heavy atom. The molecule has 0 aromatic heterocycles. The highest BCUT2D eigenvalue weighted by Crippen LogP contribution is 2.09. The molecule has 0 saturated carbocycles. The van der Waals surface area contributed by atoms with E-state index in [1.807, 2.05) is 30.3 Å². The van der Waals surface area contributed by atoms with Crippen molar-refractivity contribution >= 4 is 0 Å². The summed E-state index contributed by atoms with van der Waals surface area (Å²) in [5.74, 6) is 0. The molecular formula is C14H20N2O5. The molecule has 0 unspecified atom stereocenters. The Hall–Kier alpha value is -1.53. The fourth-order valence-corrected chi connectivity index (χ4v) is 1.80. The summed E-state index contributed by atoms with van der Waals surface area (Å²) in [6.45, 7) is -0.471. The molecule has 0 radical (unpaired) electrons. The summed E-state index contributed by atoms with van der Waals surface area (Å²) < 4.78 is 0. The molecule has 21 heavy (non-hydrogen) atoms. The molecule has 5 atom stereocenters. The number of nitrogens with zero attached hydrogens (tertiary/aromatic N) is 1. The number of aliphatic hydroxyl groups excluding tert-OH is 5. The van der Waals surface area contributed by atoms with Crippen molar-refractivity contribution in [3.8, 4) is 6.07 Å². The van der Waals surface area contributed by atoms with E-state index < -0.39 is 37.1 Å². The molecule has 0 fully saturated rings. The van der Waals surface area contributed by atoms with E-state index in [4.69, 9.17) is 10.4 Å². The SMILES string of the molecule is N#C[C@@H](NCc1ccccc1)[C@H](O)[C@@H](O)[C@@H](O)[C@H](O)CO. The van der Waals surface area contributed by atoms with Crippen molar-refractivity contribution in [3.05, 3.63) is 35.9 Å². The second-order valence-corrected chi connectivity index (χ2v) is 4.69. The molecule has 0 heterocycles. The smallest absolute Gasteiger partial charge is 0.124 e. The number of nitriles is 1. The molecule has 0 aliphatic carbocycles. The van der Waals surface area contributed by atoms with Crippen LogP contribution in [-0.2, 0) is 6.54 Å². The van der Waals surface area contributed by atoms with Gasteiger partial charge in [0.1, 0.15) is 30.5 Å². The standard InChI is InChI=1S/C14H20N2O5/c15-6-10(16-7-9-4-2-1-3-5-9)12(19)14(21)13(20)11(18)8-17/h1-5,10-14,16-21H,7-8H2/t10-,11-,12+,13+,14-/m1/s1. The zero-order chi connectivity index (χ0) is 15.8. The lowest BCUT2D eigenvalue weighted by Crippen LogP contribution is -2.53. The Balaban J connectivity index is 2.60. The van der Waals surface area contributed by atoms with Crippen molar-refractivity contribution in [1.29, 1.82) is 5.26 Å². The van der Waals surface area contributed by atoms with Crippen LogP contribution in [0.25, 0.3) is 0 Å². The quantitative estimate of drug-likeness (QED) is 0.330. The van der Waals surface area contributed by atoms with Crippen molar-refractivity contribution in [2.75, 3.05) is 6.61 Å². The van der Waals surface area contributed by atoms with Crippen LogP contribution in [0, 0.1) is 11.3 Å². The Labute approximate surface area is 122 Å². The Bertz CT molecular complexity index is 450. The van der Waals surface area contributed by atoms with Gasteiger partial charge in [-0.15, -0.1) is 0 Å². The molecule has 0 aliphatic heterocycles. The number of hydrogen-bond donors (Lipinski definition) is 6. The molecule has 0 aliphatic rings. The van der Waals surface area contributed by atoms with Crippen molar-refractivity contribution in [3.63, 3.8) is 0 Å². The maximum atomic E-state index is 9.88. The topological polar surface area (TPSA) is 137 Å². The summed E-state index contributed by atoms with van der Waals surface area (Å²) in [4.78, 5) is 0. The third-order valence-corrected chi connectivity index (χ3v) is 3.13. The number of hydrogen-bond acceptors (Lipinski definition) is 7. The van der Waals surface area contributed by atoms with Crippen LogP contribution in [-0.4, -0.2) is 62.6 Å². The zero-order valence-electron chi connectivity index (χ0n) is 11.4. The van der Waals surface area contributed by atoms with E-state index in [1.165, 1.54) is 0 Å². The lowest BCUT2D eigenvalue weighted by Gasteiger charge is -2.28. The van der Waals surface area contributed by atoms with Gasteiger partial charge in [0.05, 0.1) is 12.7 Å². The molecule has 0 spiro atoms. The first-order valence-corrected chi connectivity index (χ1v) is 6.51. The predicted octanol–water partition coefficient (Wildman–Crippen LogP) is -1.90. The number of nitrogens with one attached hydrogen (secondary N) is 1. The van der Waals surface area contributed by atoms with Crippen molar-refractivity contribution in [1.82, 2.24) is 5.32 Å². The molecule has 0 bridgehead atoms. The molecular weight excluding hydrogens is 276 g/mol. The Morgan fingerprint density at radius 1 is 1.00 bits per heavy atom. The molecule has 1 aromatic carbocycles. The van der Waals surface area contributed by atoms with E-state index in [0.717, 1.165) is 5.56 Å². The highest BCUT2D eigenvalue weighted by molar-refractivity contribution is 5.15. The molecule has 7 heteroatoms. The predicted molar refractivity (Wildman–Crippen MR) is 73.8 cm³/mol. The zero-order valence-corrected chi connectivity index (χ0v) is 11.4. The van der Waals surface area contributed by atoms with Gasteiger partial charge < -0.3 is 25.5 Å². The summed E-state index contributed by atoms with van der Waals surface area (Å²) in [6.07, 6.45) is -6.72. The van der Waals surface area contributed by atoms with Gasteiger partial charge in [-0.3, -0.25) is 5.32 Å².